The Bertz CT molecular complexity index is 324. The SMILES string of the molecule is Cc1cccc(CC2(C)CCNCC2)c1. The van der Waals surface area contributed by atoms with Gasteiger partial charge in [0, 0.05) is 0 Å². The summed E-state index contributed by atoms with van der Waals surface area (Å²) in [5.41, 5.74) is 3.39. The zero-order valence-corrected chi connectivity index (χ0v) is 9.84. The van der Waals surface area contributed by atoms with Gasteiger partial charge in [0.05, 0.1) is 0 Å². The number of benzene rings is 1. The van der Waals surface area contributed by atoms with E-state index >= 15 is 0 Å². The molecular weight excluding hydrogens is 182 g/mol. The predicted octanol–water partition coefficient (Wildman–Crippen LogP) is 2.93. The summed E-state index contributed by atoms with van der Waals surface area (Å²) in [6.45, 7) is 6.97. The number of piperidine rings is 1. The Balaban J connectivity index is 2.06. The van der Waals surface area contributed by atoms with E-state index in [2.05, 4.69) is 43.4 Å². The first-order valence-electron chi connectivity index (χ1n) is 5.94. The fourth-order valence-electron chi connectivity index (χ4n) is 2.52. The van der Waals surface area contributed by atoms with Crippen LogP contribution >= 0.6 is 0 Å². The van der Waals surface area contributed by atoms with Crippen LogP contribution in [0.15, 0.2) is 24.3 Å². The van der Waals surface area contributed by atoms with E-state index in [0.717, 1.165) is 0 Å². The zero-order valence-electron chi connectivity index (χ0n) is 9.84. The number of nitrogens with one attached hydrogen (secondary N) is 1. The summed E-state index contributed by atoms with van der Waals surface area (Å²) < 4.78 is 0. The smallest absolute Gasteiger partial charge is 0.00436 e. The van der Waals surface area contributed by atoms with Crippen molar-refractivity contribution in [3.63, 3.8) is 0 Å². The van der Waals surface area contributed by atoms with Crippen molar-refractivity contribution in [2.75, 3.05) is 13.1 Å². The number of rotatable bonds is 2. The van der Waals surface area contributed by atoms with Crippen molar-refractivity contribution >= 4 is 0 Å². The first-order valence-corrected chi connectivity index (χ1v) is 5.94. The molecule has 1 aliphatic heterocycles. The minimum atomic E-state index is 0.513. The number of hydrogen-bond donors (Lipinski definition) is 1. The van der Waals surface area contributed by atoms with Crippen molar-refractivity contribution in [1.29, 1.82) is 0 Å². The highest BCUT2D eigenvalue weighted by Gasteiger charge is 2.26. The highest BCUT2D eigenvalue weighted by Crippen LogP contribution is 2.32. The first-order chi connectivity index (χ1) is 7.18. The summed E-state index contributed by atoms with van der Waals surface area (Å²) in [5, 5.41) is 3.44. The van der Waals surface area contributed by atoms with Crippen LogP contribution in [0.25, 0.3) is 0 Å². The van der Waals surface area contributed by atoms with Gasteiger partial charge in [-0.05, 0) is 50.3 Å². The van der Waals surface area contributed by atoms with Crippen LogP contribution in [-0.4, -0.2) is 13.1 Å². The van der Waals surface area contributed by atoms with Gasteiger partial charge < -0.3 is 5.32 Å². The summed E-state index contributed by atoms with van der Waals surface area (Å²) in [4.78, 5) is 0. The van der Waals surface area contributed by atoms with Crippen molar-refractivity contribution in [2.24, 2.45) is 5.41 Å². The van der Waals surface area contributed by atoms with E-state index in [-0.39, 0.29) is 0 Å². The highest BCUT2D eigenvalue weighted by molar-refractivity contribution is 5.23. The fourth-order valence-corrected chi connectivity index (χ4v) is 2.52. The van der Waals surface area contributed by atoms with E-state index in [4.69, 9.17) is 0 Å². The highest BCUT2D eigenvalue weighted by atomic mass is 14.9. The van der Waals surface area contributed by atoms with Crippen LogP contribution < -0.4 is 5.32 Å². The van der Waals surface area contributed by atoms with E-state index in [0.29, 0.717) is 5.41 Å². The van der Waals surface area contributed by atoms with Crippen molar-refractivity contribution in [2.45, 2.75) is 33.1 Å². The Morgan fingerprint density at radius 1 is 1.27 bits per heavy atom. The van der Waals surface area contributed by atoms with Crippen molar-refractivity contribution in [3.8, 4) is 0 Å². The molecule has 0 radical (unpaired) electrons. The molecule has 1 aromatic rings. The lowest BCUT2D eigenvalue weighted by Crippen LogP contribution is -2.36. The number of aryl methyl sites for hydroxylation is 1. The lowest BCUT2D eigenvalue weighted by atomic mass is 9.76. The van der Waals surface area contributed by atoms with Gasteiger partial charge in [0.25, 0.3) is 0 Å². The monoisotopic (exact) mass is 203 g/mol. The van der Waals surface area contributed by atoms with Crippen LogP contribution in [0.3, 0.4) is 0 Å². The van der Waals surface area contributed by atoms with Gasteiger partial charge >= 0.3 is 0 Å². The maximum atomic E-state index is 3.44. The molecule has 0 bridgehead atoms. The molecule has 82 valence electrons. The minimum absolute atomic E-state index is 0.513. The lowest BCUT2D eigenvalue weighted by Gasteiger charge is -2.34. The average Bonchev–Trinajstić information content (AvgIpc) is 2.18. The molecule has 0 saturated carbocycles. The summed E-state index contributed by atoms with van der Waals surface area (Å²) in [6.07, 6.45) is 3.85. The molecule has 1 heterocycles. The van der Waals surface area contributed by atoms with Crippen LogP contribution in [-0.2, 0) is 6.42 Å². The number of hydrogen-bond acceptors (Lipinski definition) is 1. The third-order valence-electron chi connectivity index (χ3n) is 3.52. The second kappa shape index (κ2) is 4.36. The molecule has 0 atom stereocenters. The molecule has 1 aliphatic rings. The molecule has 0 amide bonds. The third kappa shape index (κ3) is 2.82. The Hall–Kier alpha value is -0.820. The molecular formula is C14H21N. The van der Waals surface area contributed by atoms with Crippen molar-refractivity contribution in [3.05, 3.63) is 35.4 Å². The van der Waals surface area contributed by atoms with E-state index in [9.17, 15) is 0 Å². The first kappa shape index (κ1) is 10.7. The van der Waals surface area contributed by atoms with Gasteiger partial charge in [0.2, 0.25) is 0 Å². The average molecular weight is 203 g/mol. The van der Waals surface area contributed by atoms with E-state index in [1.165, 1.54) is 43.5 Å². The van der Waals surface area contributed by atoms with Gasteiger partial charge in [-0.15, -0.1) is 0 Å². The molecule has 1 nitrogen and oxygen atoms in total. The molecule has 0 spiro atoms. The van der Waals surface area contributed by atoms with Crippen LogP contribution in [0.5, 0.6) is 0 Å². The Kier molecular flexibility index (Phi) is 3.11. The van der Waals surface area contributed by atoms with Crippen molar-refractivity contribution < 1.29 is 0 Å². The van der Waals surface area contributed by atoms with Crippen LogP contribution in [0.1, 0.15) is 30.9 Å². The summed E-state index contributed by atoms with van der Waals surface area (Å²) >= 11 is 0. The Morgan fingerprint density at radius 2 is 2.00 bits per heavy atom. The molecule has 1 heteroatoms. The Labute approximate surface area is 92.9 Å². The molecule has 0 aliphatic carbocycles. The molecule has 1 N–H and O–H groups in total. The molecule has 1 aromatic carbocycles. The van der Waals surface area contributed by atoms with E-state index in [1.54, 1.807) is 0 Å². The minimum Gasteiger partial charge on any atom is -0.317 e. The summed E-state index contributed by atoms with van der Waals surface area (Å²) in [6, 6.07) is 8.94. The second-order valence-corrected chi connectivity index (χ2v) is 5.23. The summed E-state index contributed by atoms with van der Waals surface area (Å²) in [7, 11) is 0. The molecule has 0 aromatic heterocycles. The van der Waals surface area contributed by atoms with Gasteiger partial charge in [0.15, 0.2) is 0 Å². The standard InChI is InChI=1S/C14H21N/c1-12-4-3-5-13(10-12)11-14(2)6-8-15-9-7-14/h3-5,10,15H,6-9,11H2,1-2H3. The van der Waals surface area contributed by atoms with Gasteiger partial charge in [-0.1, -0.05) is 36.8 Å². The van der Waals surface area contributed by atoms with Crippen molar-refractivity contribution in [1.82, 2.24) is 5.32 Å². The summed E-state index contributed by atoms with van der Waals surface area (Å²) in [5.74, 6) is 0. The fraction of sp³-hybridized carbons (Fsp3) is 0.571. The molecule has 2 rings (SSSR count). The predicted molar refractivity (Wildman–Crippen MR) is 65.1 cm³/mol. The largest absolute Gasteiger partial charge is 0.317 e. The van der Waals surface area contributed by atoms with Gasteiger partial charge in [-0.25, -0.2) is 0 Å². The second-order valence-electron chi connectivity index (χ2n) is 5.23. The quantitative estimate of drug-likeness (QED) is 0.779. The van der Waals surface area contributed by atoms with Crippen LogP contribution in [0.4, 0.5) is 0 Å². The maximum absolute atomic E-state index is 3.44. The van der Waals surface area contributed by atoms with E-state index in [1.807, 2.05) is 0 Å². The maximum Gasteiger partial charge on any atom is -0.00436 e. The van der Waals surface area contributed by atoms with Gasteiger partial charge in [-0.3, -0.25) is 0 Å². The molecule has 1 fully saturated rings. The van der Waals surface area contributed by atoms with Crippen LogP contribution in [0, 0.1) is 12.3 Å². The molecule has 0 unspecified atom stereocenters. The molecule has 1 saturated heterocycles. The zero-order chi connectivity index (χ0) is 10.7. The normalized spacial score (nSPS) is 20.1. The Morgan fingerprint density at radius 3 is 2.67 bits per heavy atom. The third-order valence-corrected chi connectivity index (χ3v) is 3.52. The lowest BCUT2D eigenvalue weighted by molar-refractivity contribution is 0.228. The van der Waals surface area contributed by atoms with Crippen LogP contribution in [0.2, 0.25) is 0 Å². The topological polar surface area (TPSA) is 12.0 Å². The van der Waals surface area contributed by atoms with Gasteiger partial charge in [-0.2, -0.15) is 0 Å². The van der Waals surface area contributed by atoms with E-state index < -0.39 is 0 Å². The van der Waals surface area contributed by atoms with Gasteiger partial charge in [0.1, 0.15) is 0 Å². The molecule has 15 heavy (non-hydrogen) atoms.